The number of primary sulfonamides is 1. The van der Waals surface area contributed by atoms with Gasteiger partial charge in [0.25, 0.3) is 0 Å². The number of halogens is 1. The number of nitrogens with zero attached hydrogens (tertiary/aromatic N) is 1. The molecule has 0 saturated heterocycles. The predicted octanol–water partition coefficient (Wildman–Crippen LogP) is 1.64. The van der Waals surface area contributed by atoms with Crippen molar-refractivity contribution in [3.05, 3.63) is 46.3 Å². The number of esters is 1. The van der Waals surface area contributed by atoms with Gasteiger partial charge in [0.15, 0.2) is 12.4 Å². The fourth-order valence-electron chi connectivity index (χ4n) is 1.55. The normalized spacial score (nSPS) is 11.4. The molecule has 0 spiro atoms. The molecule has 1 aromatic carbocycles. The molecule has 21 heavy (non-hydrogen) atoms. The van der Waals surface area contributed by atoms with Gasteiger partial charge < -0.3 is 9.26 Å². The van der Waals surface area contributed by atoms with Crippen LogP contribution in [0.2, 0.25) is 5.02 Å². The van der Waals surface area contributed by atoms with Gasteiger partial charge in [0.2, 0.25) is 10.0 Å². The van der Waals surface area contributed by atoms with Gasteiger partial charge in [0, 0.05) is 6.07 Å². The summed E-state index contributed by atoms with van der Waals surface area (Å²) in [5, 5.41) is 8.58. The lowest BCUT2D eigenvalue weighted by atomic mass is 10.2. The van der Waals surface area contributed by atoms with Gasteiger partial charge in [-0.15, -0.1) is 0 Å². The van der Waals surface area contributed by atoms with Gasteiger partial charge in [-0.3, -0.25) is 0 Å². The fourth-order valence-corrected chi connectivity index (χ4v) is 2.62. The third-order valence-electron chi connectivity index (χ3n) is 2.50. The second-order valence-electron chi connectivity index (χ2n) is 4.20. The summed E-state index contributed by atoms with van der Waals surface area (Å²) in [6.07, 6.45) is 0. The zero-order valence-corrected chi connectivity index (χ0v) is 12.4. The number of aromatic nitrogens is 1. The highest BCUT2D eigenvalue weighted by atomic mass is 35.5. The van der Waals surface area contributed by atoms with E-state index in [9.17, 15) is 13.2 Å². The second kappa shape index (κ2) is 5.84. The number of aryl methyl sites for hydroxylation is 1. The number of hydrogen-bond acceptors (Lipinski definition) is 6. The Labute approximate surface area is 125 Å². The Hall–Kier alpha value is -1.90. The Morgan fingerprint density at radius 1 is 1.43 bits per heavy atom. The molecule has 1 heterocycles. The summed E-state index contributed by atoms with van der Waals surface area (Å²) >= 11 is 5.73. The number of ether oxygens (including phenoxy) is 1. The average molecular weight is 331 g/mol. The molecule has 0 amide bonds. The van der Waals surface area contributed by atoms with Gasteiger partial charge in [0.1, 0.15) is 4.90 Å². The maximum absolute atomic E-state index is 11.9. The lowest BCUT2D eigenvalue weighted by Crippen LogP contribution is -2.14. The number of nitrogens with two attached hydrogens (primary N) is 1. The van der Waals surface area contributed by atoms with Crippen LogP contribution in [-0.4, -0.2) is 19.5 Å². The van der Waals surface area contributed by atoms with E-state index in [1.807, 2.05) is 0 Å². The summed E-state index contributed by atoms with van der Waals surface area (Å²) < 4.78 is 32.5. The van der Waals surface area contributed by atoms with Crippen molar-refractivity contribution in [2.75, 3.05) is 0 Å². The summed E-state index contributed by atoms with van der Waals surface area (Å²) in [6.45, 7) is 1.61. The molecule has 1 aromatic heterocycles. The molecule has 0 fully saturated rings. The Balaban J connectivity index is 2.16. The van der Waals surface area contributed by atoms with Crippen molar-refractivity contribution < 1.29 is 22.5 Å². The Morgan fingerprint density at radius 3 is 2.71 bits per heavy atom. The zero-order chi connectivity index (χ0) is 15.6. The summed E-state index contributed by atoms with van der Waals surface area (Å²) in [5.74, 6) is -0.355. The van der Waals surface area contributed by atoms with Crippen LogP contribution in [0.5, 0.6) is 0 Å². The SMILES string of the molecule is Cc1cc(COC(=O)c2ccc(Cl)c(S(N)(=O)=O)c2)on1. The number of carbonyl (C=O) groups excluding carboxylic acids is 1. The van der Waals surface area contributed by atoms with E-state index in [1.165, 1.54) is 12.1 Å². The van der Waals surface area contributed by atoms with Crippen molar-refractivity contribution in [1.29, 1.82) is 0 Å². The summed E-state index contributed by atoms with van der Waals surface area (Å²) in [5.41, 5.74) is 0.670. The van der Waals surface area contributed by atoms with E-state index in [0.29, 0.717) is 11.5 Å². The first-order valence-corrected chi connectivity index (χ1v) is 7.61. The van der Waals surface area contributed by atoms with Crippen LogP contribution in [0.15, 0.2) is 33.7 Å². The molecule has 0 saturated carbocycles. The lowest BCUT2D eigenvalue weighted by Gasteiger charge is -2.06. The Kier molecular flexibility index (Phi) is 4.31. The summed E-state index contributed by atoms with van der Waals surface area (Å²) in [4.78, 5) is 11.5. The lowest BCUT2D eigenvalue weighted by molar-refractivity contribution is 0.0437. The van der Waals surface area contributed by atoms with E-state index in [0.717, 1.165) is 6.07 Å². The molecule has 0 atom stereocenters. The van der Waals surface area contributed by atoms with Crippen LogP contribution >= 0.6 is 11.6 Å². The molecule has 0 aliphatic rings. The molecule has 0 aliphatic carbocycles. The third kappa shape index (κ3) is 3.81. The monoisotopic (exact) mass is 330 g/mol. The van der Waals surface area contributed by atoms with Crippen LogP contribution in [0.1, 0.15) is 21.8 Å². The van der Waals surface area contributed by atoms with Crippen molar-refractivity contribution in [3.63, 3.8) is 0 Å². The molecule has 0 radical (unpaired) electrons. The second-order valence-corrected chi connectivity index (χ2v) is 6.14. The number of benzene rings is 1. The maximum Gasteiger partial charge on any atom is 0.338 e. The van der Waals surface area contributed by atoms with Crippen molar-refractivity contribution in [1.82, 2.24) is 5.16 Å². The van der Waals surface area contributed by atoms with Gasteiger partial charge in [-0.2, -0.15) is 0 Å². The topological polar surface area (TPSA) is 112 Å². The molecule has 7 nitrogen and oxygen atoms in total. The maximum atomic E-state index is 11.9. The minimum absolute atomic E-state index is 0.0136. The van der Waals surface area contributed by atoms with Crippen molar-refractivity contribution in [2.45, 2.75) is 18.4 Å². The minimum Gasteiger partial charge on any atom is -0.454 e. The average Bonchev–Trinajstić information content (AvgIpc) is 2.81. The highest BCUT2D eigenvalue weighted by molar-refractivity contribution is 7.89. The number of rotatable bonds is 4. The van der Waals surface area contributed by atoms with Crippen molar-refractivity contribution in [3.8, 4) is 0 Å². The fraction of sp³-hybridized carbons (Fsp3) is 0.167. The molecule has 0 unspecified atom stereocenters. The van der Waals surface area contributed by atoms with E-state index in [1.54, 1.807) is 13.0 Å². The van der Waals surface area contributed by atoms with Crippen LogP contribution in [0.4, 0.5) is 0 Å². The van der Waals surface area contributed by atoms with Crippen LogP contribution in [-0.2, 0) is 21.4 Å². The minimum atomic E-state index is -4.02. The predicted molar refractivity (Wildman–Crippen MR) is 73.2 cm³/mol. The van der Waals surface area contributed by atoms with Crippen LogP contribution in [0, 0.1) is 6.92 Å². The number of hydrogen-bond donors (Lipinski definition) is 1. The quantitative estimate of drug-likeness (QED) is 0.853. The smallest absolute Gasteiger partial charge is 0.338 e. The Morgan fingerprint density at radius 2 is 2.14 bits per heavy atom. The molecule has 2 rings (SSSR count). The number of sulfonamides is 1. The van der Waals surface area contributed by atoms with E-state index in [-0.39, 0.29) is 22.1 Å². The first-order valence-electron chi connectivity index (χ1n) is 5.69. The van der Waals surface area contributed by atoms with Crippen molar-refractivity contribution >= 4 is 27.6 Å². The van der Waals surface area contributed by atoms with E-state index in [2.05, 4.69) is 5.16 Å². The third-order valence-corrected chi connectivity index (χ3v) is 3.89. The van der Waals surface area contributed by atoms with Gasteiger partial charge in [-0.25, -0.2) is 18.4 Å². The summed E-state index contributed by atoms with van der Waals surface area (Å²) in [7, 11) is -4.02. The summed E-state index contributed by atoms with van der Waals surface area (Å²) in [6, 6.07) is 5.28. The van der Waals surface area contributed by atoms with Crippen LogP contribution in [0.25, 0.3) is 0 Å². The van der Waals surface area contributed by atoms with Crippen LogP contribution < -0.4 is 5.14 Å². The molecule has 112 valence electrons. The molecule has 2 N–H and O–H groups in total. The number of carbonyl (C=O) groups is 1. The highest BCUT2D eigenvalue weighted by Gasteiger charge is 2.17. The standard InChI is InChI=1S/C12H11ClN2O5S/c1-7-4-9(20-15-7)6-19-12(16)8-2-3-10(13)11(5-8)21(14,17)18/h2-5H,6H2,1H3,(H2,14,17,18). The molecular formula is C12H11ClN2O5S. The van der Waals surface area contributed by atoms with E-state index < -0.39 is 16.0 Å². The molecule has 2 aromatic rings. The first-order chi connectivity index (χ1) is 9.77. The van der Waals surface area contributed by atoms with Gasteiger partial charge in [-0.1, -0.05) is 16.8 Å². The first kappa shape index (κ1) is 15.5. The van der Waals surface area contributed by atoms with Gasteiger partial charge >= 0.3 is 5.97 Å². The van der Waals surface area contributed by atoms with Gasteiger partial charge in [-0.05, 0) is 25.1 Å². The largest absolute Gasteiger partial charge is 0.454 e. The van der Waals surface area contributed by atoms with Crippen molar-refractivity contribution in [2.24, 2.45) is 5.14 Å². The Bertz CT molecular complexity index is 785. The zero-order valence-electron chi connectivity index (χ0n) is 10.9. The van der Waals surface area contributed by atoms with Crippen LogP contribution in [0.3, 0.4) is 0 Å². The molecule has 9 heteroatoms. The van der Waals surface area contributed by atoms with E-state index >= 15 is 0 Å². The highest BCUT2D eigenvalue weighted by Crippen LogP contribution is 2.22. The molecule has 0 aliphatic heterocycles. The molecular weight excluding hydrogens is 320 g/mol. The van der Waals surface area contributed by atoms with Gasteiger partial charge in [0.05, 0.1) is 16.3 Å². The van der Waals surface area contributed by atoms with E-state index in [4.69, 9.17) is 26.0 Å². The molecule has 0 bridgehead atoms.